The Morgan fingerprint density at radius 1 is 1.06 bits per heavy atom. The van der Waals surface area contributed by atoms with Crippen LogP contribution in [0, 0.1) is 0 Å². The summed E-state index contributed by atoms with van der Waals surface area (Å²) in [6.07, 6.45) is -8.70. The second kappa shape index (κ2) is 7.97. The summed E-state index contributed by atoms with van der Waals surface area (Å²) in [7, 11) is 0. The number of nitrogens with zero attached hydrogens (tertiary/aromatic N) is 1. The number of anilines is 2. The van der Waals surface area contributed by atoms with Crippen LogP contribution in [0.3, 0.4) is 0 Å². The van der Waals surface area contributed by atoms with Gasteiger partial charge in [-0.15, -0.1) is 6.58 Å². The number of rotatable bonds is 4. The molecule has 0 atom stereocenters. The highest BCUT2D eigenvalue weighted by Crippen LogP contribution is 2.37. The molecule has 0 fully saturated rings. The van der Waals surface area contributed by atoms with Gasteiger partial charge in [0.05, 0.1) is 16.8 Å². The van der Waals surface area contributed by atoms with E-state index in [-0.39, 0.29) is 36.5 Å². The molecule has 0 radical (unpaired) electrons. The van der Waals surface area contributed by atoms with Gasteiger partial charge in [0.1, 0.15) is 5.75 Å². The maximum Gasteiger partial charge on any atom is 0.416 e. The van der Waals surface area contributed by atoms with Crippen molar-refractivity contribution in [2.45, 2.75) is 12.4 Å². The molecule has 3 rings (SSSR count). The molecule has 1 aliphatic heterocycles. The van der Waals surface area contributed by atoms with Crippen LogP contribution in [0.5, 0.6) is 5.75 Å². The summed E-state index contributed by atoms with van der Waals surface area (Å²) in [6, 6.07) is 4.69. The first-order valence-corrected chi connectivity index (χ1v) is 8.69. The molecule has 5 nitrogen and oxygen atoms in total. The number of ether oxygens (including phenoxy) is 1. The molecule has 0 bridgehead atoms. The molecule has 0 spiro atoms. The molecule has 0 aromatic heterocycles. The van der Waals surface area contributed by atoms with Crippen molar-refractivity contribution in [2.75, 3.05) is 23.4 Å². The molecular formula is C20H14F6N2O3. The van der Waals surface area contributed by atoms with E-state index < -0.39 is 35.0 Å². The van der Waals surface area contributed by atoms with Crippen molar-refractivity contribution in [3.05, 3.63) is 65.7 Å². The molecule has 0 unspecified atom stereocenters. The second-order valence-corrected chi connectivity index (χ2v) is 6.51. The fraction of sp³-hybridized carbons (Fsp3) is 0.200. The fourth-order valence-corrected chi connectivity index (χ4v) is 2.90. The fourth-order valence-electron chi connectivity index (χ4n) is 2.90. The SMILES string of the molecule is C=CCN1C(=O)COc2ccc(NC(=O)c3cc(C(F)(F)F)cc(C(F)(F)F)c3)cc21. The topological polar surface area (TPSA) is 58.6 Å². The third-order valence-corrected chi connectivity index (χ3v) is 4.32. The smallest absolute Gasteiger partial charge is 0.416 e. The van der Waals surface area contributed by atoms with E-state index in [1.54, 1.807) is 0 Å². The lowest BCUT2D eigenvalue weighted by Crippen LogP contribution is -2.38. The van der Waals surface area contributed by atoms with E-state index in [2.05, 4.69) is 11.9 Å². The van der Waals surface area contributed by atoms with Crippen molar-refractivity contribution in [2.24, 2.45) is 0 Å². The lowest BCUT2D eigenvalue weighted by atomic mass is 10.0. The minimum atomic E-state index is -5.08. The Bertz CT molecular complexity index is 1010. The molecule has 11 heteroatoms. The number of benzene rings is 2. The van der Waals surface area contributed by atoms with Gasteiger partial charge in [-0.1, -0.05) is 6.08 Å². The predicted molar refractivity (Wildman–Crippen MR) is 98.9 cm³/mol. The van der Waals surface area contributed by atoms with Crippen LogP contribution < -0.4 is 15.0 Å². The van der Waals surface area contributed by atoms with Crippen LogP contribution in [0.2, 0.25) is 0 Å². The number of carbonyl (C=O) groups is 2. The quantitative estimate of drug-likeness (QED) is 0.540. The van der Waals surface area contributed by atoms with Crippen LogP contribution in [-0.4, -0.2) is 25.0 Å². The second-order valence-electron chi connectivity index (χ2n) is 6.51. The third kappa shape index (κ3) is 4.81. The predicted octanol–water partition coefficient (Wildman–Crippen LogP) is 4.89. The van der Waals surface area contributed by atoms with Gasteiger partial charge in [-0.3, -0.25) is 9.59 Å². The Hall–Kier alpha value is -3.50. The van der Waals surface area contributed by atoms with Gasteiger partial charge in [-0.05, 0) is 36.4 Å². The van der Waals surface area contributed by atoms with Gasteiger partial charge >= 0.3 is 12.4 Å². The van der Waals surface area contributed by atoms with Crippen LogP contribution in [0.1, 0.15) is 21.5 Å². The van der Waals surface area contributed by atoms with E-state index in [9.17, 15) is 35.9 Å². The van der Waals surface area contributed by atoms with E-state index in [0.717, 1.165) is 0 Å². The van der Waals surface area contributed by atoms with Crippen molar-refractivity contribution in [1.82, 2.24) is 0 Å². The molecule has 2 amide bonds. The largest absolute Gasteiger partial charge is 0.482 e. The number of amides is 2. The third-order valence-electron chi connectivity index (χ3n) is 4.32. The first kappa shape index (κ1) is 22.2. The van der Waals surface area contributed by atoms with Crippen molar-refractivity contribution in [1.29, 1.82) is 0 Å². The molecule has 31 heavy (non-hydrogen) atoms. The Morgan fingerprint density at radius 3 is 2.23 bits per heavy atom. The molecule has 0 aliphatic carbocycles. The van der Waals surface area contributed by atoms with Gasteiger partial charge < -0.3 is 15.0 Å². The van der Waals surface area contributed by atoms with Gasteiger partial charge in [-0.25, -0.2) is 0 Å². The number of hydrogen-bond acceptors (Lipinski definition) is 3. The zero-order valence-electron chi connectivity index (χ0n) is 15.6. The highest BCUT2D eigenvalue weighted by molar-refractivity contribution is 6.05. The summed E-state index contributed by atoms with van der Waals surface area (Å²) in [4.78, 5) is 25.8. The van der Waals surface area contributed by atoms with Gasteiger partial charge in [0.15, 0.2) is 6.61 Å². The summed E-state index contributed by atoms with van der Waals surface area (Å²) in [5.74, 6) is -1.25. The summed E-state index contributed by atoms with van der Waals surface area (Å²) in [5.41, 5.74) is -3.71. The summed E-state index contributed by atoms with van der Waals surface area (Å²) < 4.78 is 83.3. The first-order chi connectivity index (χ1) is 14.4. The number of fused-ring (bicyclic) bond motifs is 1. The Balaban J connectivity index is 1.95. The highest BCUT2D eigenvalue weighted by Gasteiger charge is 2.37. The first-order valence-electron chi connectivity index (χ1n) is 8.69. The number of halogens is 6. The molecule has 2 aromatic rings. The zero-order chi connectivity index (χ0) is 23.0. The maximum absolute atomic E-state index is 13.0. The molecule has 1 aliphatic rings. The summed E-state index contributed by atoms with van der Waals surface area (Å²) in [5, 5.41) is 2.25. The molecule has 2 aromatic carbocycles. The van der Waals surface area contributed by atoms with Crippen LogP contribution in [0.15, 0.2) is 49.1 Å². The van der Waals surface area contributed by atoms with Crippen LogP contribution in [0.4, 0.5) is 37.7 Å². The van der Waals surface area contributed by atoms with E-state index in [1.807, 2.05) is 0 Å². The summed E-state index contributed by atoms with van der Waals surface area (Å²) in [6.45, 7) is 3.46. The molecule has 164 valence electrons. The average molecular weight is 444 g/mol. The number of alkyl halides is 6. The Morgan fingerprint density at radius 2 is 1.68 bits per heavy atom. The minimum Gasteiger partial charge on any atom is -0.482 e. The van der Waals surface area contributed by atoms with Crippen molar-refractivity contribution in [3.8, 4) is 5.75 Å². The minimum absolute atomic E-state index is 0.0436. The van der Waals surface area contributed by atoms with Crippen LogP contribution >= 0.6 is 0 Å². The van der Waals surface area contributed by atoms with Crippen molar-refractivity contribution < 1.29 is 40.7 Å². The number of carbonyl (C=O) groups excluding carboxylic acids is 2. The number of nitrogens with one attached hydrogen (secondary N) is 1. The zero-order valence-corrected chi connectivity index (χ0v) is 15.6. The lowest BCUT2D eigenvalue weighted by molar-refractivity contribution is -0.143. The van der Waals surface area contributed by atoms with Crippen LogP contribution in [-0.2, 0) is 17.1 Å². The molecule has 0 saturated heterocycles. The van der Waals surface area contributed by atoms with Crippen LogP contribution in [0.25, 0.3) is 0 Å². The van der Waals surface area contributed by atoms with Crippen molar-refractivity contribution >= 4 is 23.2 Å². The van der Waals surface area contributed by atoms with Gasteiger partial charge in [-0.2, -0.15) is 26.3 Å². The molecule has 0 saturated carbocycles. The Kier molecular flexibility index (Phi) is 5.70. The highest BCUT2D eigenvalue weighted by atomic mass is 19.4. The lowest BCUT2D eigenvalue weighted by Gasteiger charge is -2.28. The standard InChI is InChI=1S/C20H14F6N2O3/c1-2-5-28-15-9-14(3-4-16(15)31-10-17(28)29)27-18(30)11-6-12(19(21,22)23)8-13(7-11)20(24,25)26/h2-4,6-9H,1,5,10H2,(H,27,30). The monoisotopic (exact) mass is 444 g/mol. The molecule has 1 heterocycles. The molecular weight excluding hydrogens is 430 g/mol. The van der Waals surface area contributed by atoms with Gasteiger partial charge in [0, 0.05) is 17.8 Å². The van der Waals surface area contributed by atoms with Crippen molar-refractivity contribution in [3.63, 3.8) is 0 Å². The van der Waals surface area contributed by atoms with E-state index in [1.165, 1.54) is 29.2 Å². The van der Waals surface area contributed by atoms with E-state index in [4.69, 9.17) is 4.74 Å². The maximum atomic E-state index is 13.0. The van der Waals surface area contributed by atoms with E-state index in [0.29, 0.717) is 17.9 Å². The van der Waals surface area contributed by atoms with E-state index >= 15 is 0 Å². The average Bonchev–Trinajstić information content (AvgIpc) is 2.68. The van der Waals surface area contributed by atoms with Gasteiger partial charge in [0.25, 0.3) is 11.8 Å². The normalized spacial score (nSPS) is 14.0. The number of hydrogen-bond donors (Lipinski definition) is 1. The van der Waals surface area contributed by atoms with Gasteiger partial charge in [0.2, 0.25) is 0 Å². The molecule has 1 N–H and O–H groups in total. The summed E-state index contributed by atoms with van der Waals surface area (Å²) >= 11 is 0. The Labute approximate surface area is 171 Å².